The van der Waals surface area contributed by atoms with Crippen LogP contribution in [0.3, 0.4) is 0 Å². The van der Waals surface area contributed by atoms with Gasteiger partial charge in [-0.25, -0.2) is 9.98 Å². The van der Waals surface area contributed by atoms with Gasteiger partial charge in [0, 0.05) is 11.1 Å². The molecular formula is C32H28F12N8O8. The first-order valence-corrected chi connectivity index (χ1v) is 15.8. The van der Waals surface area contributed by atoms with Crippen LogP contribution in [0.1, 0.15) is 67.9 Å². The van der Waals surface area contributed by atoms with Crippen molar-refractivity contribution in [2.75, 3.05) is 13.1 Å². The van der Waals surface area contributed by atoms with E-state index in [9.17, 15) is 91.7 Å². The number of rotatable bonds is 8. The molecule has 0 aliphatic carbocycles. The summed E-state index contributed by atoms with van der Waals surface area (Å²) in [7, 11) is 0. The van der Waals surface area contributed by atoms with Gasteiger partial charge in [0.15, 0.2) is 0 Å². The average molecular weight is 881 g/mol. The first kappa shape index (κ1) is 49.2. The van der Waals surface area contributed by atoms with Gasteiger partial charge in [-0.1, -0.05) is 0 Å². The summed E-state index contributed by atoms with van der Waals surface area (Å²) in [6.45, 7) is -3.44. The standard InChI is InChI=1S/2C14H12F6N4O2.C4H4O4/c2*15-13(16,17)5-24-9(4-10(25)23-12(21)22)8-3-6(14(18,19)20)1-2-7(8)11(24)26;5-3(6)1-2-4(7)8/h2*1-3,9H,4-5H2,(H4,21,22,23,25);1-2H,(H,5,6)(H,7,8)/b;;2-1+. The van der Waals surface area contributed by atoms with Gasteiger partial charge in [-0.2, -0.15) is 52.7 Å². The molecule has 16 nitrogen and oxygen atoms in total. The molecule has 4 amide bonds. The highest BCUT2D eigenvalue weighted by atomic mass is 19.4. The Bertz CT molecular complexity index is 1940. The van der Waals surface area contributed by atoms with Crippen LogP contribution in [0.25, 0.3) is 0 Å². The molecular weight excluding hydrogens is 852 g/mol. The third-order valence-corrected chi connectivity index (χ3v) is 7.59. The molecule has 2 aromatic carbocycles. The fraction of sp³-hybridized carbons (Fsp3) is 0.312. The summed E-state index contributed by atoms with van der Waals surface area (Å²) in [4.78, 5) is 71.3. The molecule has 10 N–H and O–H groups in total. The lowest BCUT2D eigenvalue weighted by Gasteiger charge is -2.25. The third kappa shape index (κ3) is 14.5. The van der Waals surface area contributed by atoms with Gasteiger partial charge in [0.05, 0.1) is 48.0 Å². The fourth-order valence-corrected chi connectivity index (χ4v) is 5.45. The Kier molecular flexibility index (Phi) is 15.4. The highest BCUT2D eigenvalue weighted by Gasteiger charge is 2.47. The van der Waals surface area contributed by atoms with Gasteiger partial charge in [0.25, 0.3) is 23.6 Å². The minimum atomic E-state index is -4.81. The number of carboxylic acids is 2. The molecule has 0 aromatic heterocycles. The van der Waals surface area contributed by atoms with E-state index in [4.69, 9.17) is 22.9 Å². The number of alkyl halides is 12. The number of hydrogen-bond acceptors (Lipinski definition) is 8. The Hall–Kier alpha value is -6.90. The topological polar surface area (TPSA) is 287 Å². The molecule has 2 aliphatic rings. The lowest BCUT2D eigenvalue weighted by molar-refractivity contribution is -0.381. The Morgan fingerprint density at radius 1 is 0.583 bits per heavy atom. The van der Waals surface area contributed by atoms with E-state index in [0.29, 0.717) is 46.2 Å². The lowest BCUT2D eigenvalue weighted by atomic mass is 9.99. The number of nitrogens with one attached hydrogen (secondary N) is 2. The van der Waals surface area contributed by atoms with Gasteiger partial charge in [-0.05, 0) is 59.7 Å². The van der Waals surface area contributed by atoms with Crippen molar-refractivity contribution in [1.82, 2.24) is 9.80 Å². The Balaban J connectivity index is 0.000000350. The highest BCUT2D eigenvalue weighted by Crippen LogP contribution is 2.42. The van der Waals surface area contributed by atoms with Crippen LogP contribution in [-0.2, 0) is 31.5 Å². The molecule has 0 radical (unpaired) electrons. The molecule has 2 atom stereocenters. The largest absolute Gasteiger partial charge is 0.545 e. The van der Waals surface area contributed by atoms with Crippen molar-refractivity contribution >= 4 is 47.5 Å². The van der Waals surface area contributed by atoms with E-state index >= 15 is 0 Å². The number of carbonyl (C=O) groups is 6. The van der Waals surface area contributed by atoms with Crippen LogP contribution in [0.15, 0.2) is 48.6 Å². The van der Waals surface area contributed by atoms with E-state index in [2.05, 4.69) is 0 Å². The SMILES string of the molecule is NC(N)=[NH+]C(=O)CC1c2cc(C(F)(F)F)ccc2C(=O)N1CC(F)(F)F.NC(N)=[NH+]C(=O)CC1c2cc(C(F)(F)F)ccc2C(=O)N1CC(F)(F)F.O=C([O-])/C=C/C(=O)[O-]. The summed E-state index contributed by atoms with van der Waals surface area (Å²) < 4.78 is 154. The molecule has 2 aromatic rings. The Morgan fingerprint density at radius 3 is 1.12 bits per heavy atom. The maximum Gasteiger partial charge on any atom is 0.416 e. The van der Waals surface area contributed by atoms with Crippen molar-refractivity contribution in [2.45, 2.75) is 49.6 Å². The molecule has 60 heavy (non-hydrogen) atoms. The van der Waals surface area contributed by atoms with E-state index in [1.54, 1.807) is 0 Å². The molecule has 2 unspecified atom stereocenters. The van der Waals surface area contributed by atoms with Gasteiger partial charge in [-0.15, -0.1) is 0 Å². The van der Waals surface area contributed by atoms with Crippen LogP contribution < -0.4 is 43.1 Å². The first-order valence-electron chi connectivity index (χ1n) is 15.8. The number of fused-ring (bicyclic) bond motifs is 2. The lowest BCUT2D eigenvalue weighted by Crippen LogP contribution is -2.82. The zero-order valence-electron chi connectivity index (χ0n) is 29.6. The van der Waals surface area contributed by atoms with E-state index < -0.39 is 121 Å². The van der Waals surface area contributed by atoms with Gasteiger partial charge in [-0.3, -0.25) is 42.1 Å². The quantitative estimate of drug-likeness (QED) is 0.0675. The Labute approximate surface area is 326 Å². The average Bonchev–Trinajstić information content (AvgIpc) is 3.45. The van der Waals surface area contributed by atoms with Gasteiger partial charge < -0.3 is 29.6 Å². The normalized spacial score (nSPS) is 16.2. The van der Waals surface area contributed by atoms with Crippen LogP contribution in [0, 0.1) is 0 Å². The number of nitrogens with zero attached hydrogens (tertiary/aromatic N) is 2. The summed E-state index contributed by atoms with van der Waals surface area (Å²) in [6.07, 6.45) is -19.9. The molecule has 28 heteroatoms. The van der Waals surface area contributed by atoms with Gasteiger partial charge >= 0.3 is 36.6 Å². The molecule has 0 spiro atoms. The molecule has 328 valence electrons. The monoisotopic (exact) mass is 880 g/mol. The van der Waals surface area contributed by atoms with Crippen molar-refractivity contribution in [3.05, 3.63) is 81.9 Å². The molecule has 2 aliphatic heterocycles. The third-order valence-electron chi connectivity index (χ3n) is 7.59. The number of nitrogens with two attached hydrogens (primary N) is 4. The number of aliphatic carboxylic acids is 2. The van der Waals surface area contributed by atoms with Crippen LogP contribution in [0.5, 0.6) is 0 Å². The molecule has 2 heterocycles. The molecule has 0 saturated carbocycles. The molecule has 0 saturated heterocycles. The fourth-order valence-electron chi connectivity index (χ4n) is 5.45. The van der Waals surface area contributed by atoms with Crippen molar-refractivity contribution in [3.8, 4) is 0 Å². The van der Waals surface area contributed by atoms with Crippen LogP contribution in [0.2, 0.25) is 0 Å². The summed E-state index contributed by atoms with van der Waals surface area (Å²) in [5.74, 6) is -8.29. The van der Waals surface area contributed by atoms with Crippen molar-refractivity contribution in [3.63, 3.8) is 0 Å². The van der Waals surface area contributed by atoms with Gasteiger partial charge in [0.1, 0.15) is 13.1 Å². The summed E-state index contributed by atoms with van der Waals surface area (Å²) >= 11 is 0. The predicted octanol–water partition coefficient (Wildman–Crippen LogP) is -2.89. The van der Waals surface area contributed by atoms with E-state index in [0.717, 1.165) is 12.1 Å². The van der Waals surface area contributed by atoms with Gasteiger partial charge in [0.2, 0.25) is 0 Å². The molecule has 4 rings (SSSR count). The maximum atomic E-state index is 12.9. The zero-order chi connectivity index (χ0) is 46.3. The second-order valence-electron chi connectivity index (χ2n) is 12.1. The number of amides is 4. The summed E-state index contributed by atoms with van der Waals surface area (Å²) in [5.41, 5.74) is 16.7. The molecule has 0 bridgehead atoms. The summed E-state index contributed by atoms with van der Waals surface area (Å²) in [6, 6.07) is 0.833. The van der Waals surface area contributed by atoms with Crippen molar-refractivity contribution in [2.24, 2.45) is 22.9 Å². The van der Waals surface area contributed by atoms with Crippen LogP contribution in [-0.4, -0.2) is 82.7 Å². The van der Waals surface area contributed by atoms with E-state index in [1.165, 1.54) is 0 Å². The van der Waals surface area contributed by atoms with E-state index in [-0.39, 0.29) is 22.3 Å². The second kappa shape index (κ2) is 18.8. The number of benzene rings is 2. The van der Waals surface area contributed by atoms with Crippen molar-refractivity contribution in [1.29, 1.82) is 0 Å². The minimum Gasteiger partial charge on any atom is -0.545 e. The van der Waals surface area contributed by atoms with Crippen LogP contribution >= 0.6 is 0 Å². The number of carboxylic acid groups (broad SMARTS) is 2. The number of carbonyl (C=O) groups excluding carboxylic acids is 6. The minimum absolute atomic E-state index is 0.303. The van der Waals surface area contributed by atoms with Crippen LogP contribution in [0.4, 0.5) is 52.7 Å². The maximum absolute atomic E-state index is 12.9. The zero-order valence-corrected chi connectivity index (χ0v) is 29.6. The molecule has 0 fully saturated rings. The first-order chi connectivity index (χ1) is 27.2. The second-order valence-corrected chi connectivity index (χ2v) is 12.1. The highest BCUT2D eigenvalue weighted by molar-refractivity contribution is 6.00. The Morgan fingerprint density at radius 2 is 0.883 bits per heavy atom. The van der Waals surface area contributed by atoms with E-state index in [1.807, 2.05) is 9.98 Å². The number of hydrogen-bond donors (Lipinski definition) is 6. The number of halogens is 12. The smallest absolute Gasteiger partial charge is 0.416 e. The van der Waals surface area contributed by atoms with Crippen molar-refractivity contribution < 1.29 is 102 Å². The number of guanidine groups is 2. The summed E-state index contributed by atoms with van der Waals surface area (Å²) in [5, 5.41) is 18.8. The predicted molar refractivity (Wildman–Crippen MR) is 170 cm³/mol.